The van der Waals surface area contributed by atoms with Crippen LogP contribution in [0, 0.1) is 5.92 Å². The maximum atomic E-state index is 12.0. The van der Waals surface area contributed by atoms with Crippen LogP contribution in [0.4, 0.5) is 10.1 Å². The van der Waals surface area contributed by atoms with E-state index in [1.165, 1.54) is 0 Å². The Kier molecular flexibility index (Phi) is 4.52. The van der Waals surface area contributed by atoms with Crippen LogP contribution in [0.3, 0.4) is 0 Å². The summed E-state index contributed by atoms with van der Waals surface area (Å²) in [5.41, 5.74) is 0.764. The van der Waals surface area contributed by atoms with Crippen molar-refractivity contribution in [2.45, 2.75) is 6.42 Å². The van der Waals surface area contributed by atoms with Crippen LogP contribution in [-0.2, 0) is 9.59 Å². The van der Waals surface area contributed by atoms with Crippen LogP contribution in [0.15, 0.2) is 28.7 Å². The average molecular weight is 329 g/mol. The third-order valence-corrected chi connectivity index (χ3v) is 3.50. The lowest BCUT2D eigenvalue weighted by atomic mass is 10.1. The molecule has 2 rings (SSSR count). The topological polar surface area (TPSA) is 49.4 Å². The number of anilines is 1. The van der Waals surface area contributed by atoms with Crippen molar-refractivity contribution in [3.8, 4) is 0 Å². The second kappa shape index (κ2) is 6.14. The zero-order chi connectivity index (χ0) is 13.8. The molecule has 19 heavy (non-hydrogen) atoms. The SMILES string of the molecule is O=C(NCCF)C1CC(=O)N(c2cccc(Br)c2)C1. The molecule has 1 aromatic carbocycles. The lowest BCUT2D eigenvalue weighted by molar-refractivity contribution is -0.126. The smallest absolute Gasteiger partial charge is 0.227 e. The van der Waals surface area contributed by atoms with Crippen molar-refractivity contribution >= 4 is 33.4 Å². The maximum absolute atomic E-state index is 12.0. The Morgan fingerprint density at radius 1 is 1.53 bits per heavy atom. The number of carbonyl (C=O) groups is 2. The summed E-state index contributed by atoms with van der Waals surface area (Å²) in [6, 6.07) is 7.36. The molecule has 6 heteroatoms. The number of hydrogen-bond acceptors (Lipinski definition) is 2. The van der Waals surface area contributed by atoms with Gasteiger partial charge in [-0.1, -0.05) is 22.0 Å². The molecule has 1 unspecified atom stereocenters. The molecule has 1 aromatic rings. The third kappa shape index (κ3) is 3.32. The summed E-state index contributed by atoms with van der Waals surface area (Å²) in [5.74, 6) is -0.750. The van der Waals surface area contributed by atoms with E-state index in [0.717, 1.165) is 10.2 Å². The number of nitrogens with zero attached hydrogens (tertiary/aromatic N) is 1. The first-order valence-corrected chi connectivity index (χ1v) is 6.80. The molecule has 0 spiro atoms. The maximum Gasteiger partial charge on any atom is 0.227 e. The minimum atomic E-state index is -0.595. The first-order valence-electron chi connectivity index (χ1n) is 6.01. The van der Waals surface area contributed by atoms with Gasteiger partial charge < -0.3 is 10.2 Å². The summed E-state index contributed by atoms with van der Waals surface area (Å²) in [6.45, 7) is -0.254. The summed E-state index contributed by atoms with van der Waals surface area (Å²) in [7, 11) is 0. The van der Waals surface area contributed by atoms with E-state index < -0.39 is 12.6 Å². The van der Waals surface area contributed by atoms with Gasteiger partial charge in [0.2, 0.25) is 11.8 Å². The van der Waals surface area contributed by atoms with E-state index in [1.807, 2.05) is 24.3 Å². The van der Waals surface area contributed by atoms with Crippen molar-refractivity contribution in [3.05, 3.63) is 28.7 Å². The number of nitrogens with one attached hydrogen (secondary N) is 1. The van der Waals surface area contributed by atoms with Crippen LogP contribution in [0.1, 0.15) is 6.42 Å². The van der Waals surface area contributed by atoms with Crippen molar-refractivity contribution in [2.24, 2.45) is 5.92 Å². The normalized spacial score (nSPS) is 18.7. The molecular formula is C13H14BrFN2O2. The minimum Gasteiger partial charge on any atom is -0.353 e. The van der Waals surface area contributed by atoms with E-state index in [9.17, 15) is 14.0 Å². The van der Waals surface area contributed by atoms with E-state index in [-0.39, 0.29) is 24.8 Å². The fourth-order valence-electron chi connectivity index (χ4n) is 2.09. The first kappa shape index (κ1) is 14.0. The monoisotopic (exact) mass is 328 g/mol. The molecule has 1 fully saturated rings. The van der Waals surface area contributed by atoms with Gasteiger partial charge in [0.1, 0.15) is 6.67 Å². The minimum absolute atomic E-state index is 0.000406. The number of carbonyl (C=O) groups excluding carboxylic acids is 2. The molecule has 1 N–H and O–H groups in total. The summed E-state index contributed by atoms with van der Waals surface area (Å²) >= 11 is 3.35. The Balaban J connectivity index is 2.05. The van der Waals surface area contributed by atoms with E-state index in [0.29, 0.717) is 6.54 Å². The van der Waals surface area contributed by atoms with Crippen LogP contribution < -0.4 is 10.2 Å². The van der Waals surface area contributed by atoms with Crippen LogP contribution in [0.5, 0.6) is 0 Å². The molecule has 1 saturated heterocycles. The van der Waals surface area contributed by atoms with Gasteiger partial charge >= 0.3 is 0 Å². The summed E-state index contributed by atoms with van der Waals surface area (Å²) in [6.07, 6.45) is 0.171. The first-order chi connectivity index (χ1) is 9.11. The average Bonchev–Trinajstić information content (AvgIpc) is 2.78. The standard InChI is InChI=1S/C13H14BrFN2O2/c14-10-2-1-3-11(7-10)17-8-9(6-12(17)18)13(19)16-5-4-15/h1-3,7,9H,4-6,8H2,(H,16,19). The van der Waals surface area contributed by atoms with Crippen LogP contribution in [0.25, 0.3) is 0 Å². The predicted molar refractivity (Wildman–Crippen MR) is 73.6 cm³/mol. The largest absolute Gasteiger partial charge is 0.353 e. The molecule has 1 atom stereocenters. The highest BCUT2D eigenvalue weighted by atomic mass is 79.9. The van der Waals surface area contributed by atoms with E-state index >= 15 is 0 Å². The van der Waals surface area contributed by atoms with Gasteiger partial charge in [-0.3, -0.25) is 9.59 Å². The van der Waals surface area contributed by atoms with Gasteiger partial charge in [-0.15, -0.1) is 0 Å². The summed E-state index contributed by atoms with van der Waals surface area (Å²) in [4.78, 5) is 25.2. The fraction of sp³-hybridized carbons (Fsp3) is 0.385. The molecule has 1 heterocycles. The van der Waals surface area contributed by atoms with Crippen molar-refractivity contribution in [1.82, 2.24) is 5.32 Å². The Hall–Kier alpha value is -1.43. The van der Waals surface area contributed by atoms with Gasteiger partial charge in [-0.25, -0.2) is 4.39 Å². The second-order valence-electron chi connectivity index (χ2n) is 4.37. The molecule has 0 radical (unpaired) electrons. The summed E-state index contributed by atoms with van der Waals surface area (Å²) in [5, 5.41) is 2.48. The molecule has 0 aromatic heterocycles. The van der Waals surface area contributed by atoms with Crippen molar-refractivity contribution in [3.63, 3.8) is 0 Å². The highest BCUT2D eigenvalue weighted by molar-refractivity contribution is 9.10. The van der Waals surface area contributed by atoms with Crippen LogP contribution in [-0.4, -0.2) is 31.6 Å². The van der Waals surface area contributed by atoms with Crippen molar-refractivity contribution in [1.29, 1.82) is 0 Å². The third-order valence-electron chi connectivity index (χ3n) is 3.01. The van der Waals surface area contributed by atoms with Gasteiger partial charge in [0.05, 0.1) is 5.92 Å². The molecular weight excluding hydrogens is 315 g/mol. The van der Waals surface area contributed by atoms with E-state index in [2.05, 4.69) is 21.2 Å². The number of benzene rings is 1. The van der Waals surface area contributed by atoms with Crippen molar-refractivity contribution < 1.29 is 14.0 Å². The number of hydrogen-bond donors (Lipinski definition) is 1. The molecule has 0 bridgehead atoms. The van der Waals surface area contributed by atoms with Crippen LogP contribution in [0.2, 0.25) is 0 Å². The van der Waals surface area contributed by atoms with Gasteiger partial charge in [0.15, 0.2) is 0 Å². The van der Waals surface area contributed by atoms with E-state index in [1.54, 1.807) is 4.90 Å². The van der Waals surface area contributed by atoms with Crippen LogP contribution >= 0.6 is 15.9 Å². The van der Waals surface area contributed by atoms with Gasteiger partial charge in [0, 0.05) is 29.7 Å². The Bertz CT molecular complexity index is 495. The number of alkyl halides is 1. The lowest BCUT2D eigenvalue weighted by Gasteiger charge is -2.16. The zero-order valence-corrected chi connectivity index (χ0v) is 11.8. The van der Waals surface area contributed by atoms with Gasteiger partial charge in [0.25, 0.3) is 0 Å². The quantitative estimate of drug-likeness (QED) is 0.917. The second-order valence-corrected chi connectivity index (χ2v) is 5.28. The molecule has 102 valence electrons. The summed E-state index contributed by atoms with van der Waals surface area (Å²) < 4.78 is 12.9. The van der Waals surface area contributed by atoms with Gasteiger partial charge in [-0.05, 0) is 18.2 Å². The Labute approximate surface area is 119 Å². The number of amides is 2. The predicted octanol–water partition coefficient (Wildman–Crippen LogP) is 1.89. The molecule has 0 aliphatic carbocycles. The molecule has 1 aliphatic rings. The van der Waals surface area contributed by atoms with E-state index in [4.69, 9.17) is 0 Å². The highest BCUT2D eigenvalue weighted by Gasteiger charge is 2.34. The molecule has 0 saturated carbocycles. The number of halogens is 2. The van der Waals surface area contributed by atoms with Gasteiger partial charge in [-0.2, -0.15) is 0 Å². The lowest BCUT2D eigenvalue weighted by Crippen LogP contribution is -2.34. The van der Waals surface area contributed by atoms with Crippen molar-refractivity contribution in [2.75, 3.05) is 24.7 Å². The highest BCUT2D eigenvalue weighted by Crippen LogP contribution is 2.27. The fourth-order valence-corrected chi connectivity index (χ4v) is 2.48. The molecule has 2 amide bonds. The zero-order valence-electron chi connectivity index (χ0n) is 10.2. The molecule has 4 nitrogen and oxygen atoms in total. The Morgan fingerprint density at radius 2 is 2.32 bits per heavy atom. The number of rotatable bonds is 4. The molecule has 1 aliphatic heterocycles. The Morgan fingerprint density at radius 3 is 3.00 bits per heavy atom.